The second-order valence-electron chi connectivity index (χ2n) is 5.78. The van der Waals surface area contributed by atoms with Crippen LogP contribution in [0.4, 0.5) is 0 Å². The quantitative estimate of drug-likeness (QED) is 0.661. The Morgan fingerprint density at radius 3 is 1.77 bits per heavy atom. The predicted octanol–water partition coefficient (Wildman–Crippen LogP) is 3.84. The van der Waals surface area contributed by atoms with Gasteiger partial charge in [0, 0.05) is 13.7 Å². The van der Waals surface area contributed by atoms with E-state index in [0.29, 0.717) is 19.8 Å². The van der Waals surface area contributed by atoms with Gasteiger partial charge in [-0.15, -0.1) is 0 Å². The van der Waals surface area contributed by atoms with Gasteiger partial charge < -0.3 is 24.3 Å². The normalized spacial score (nSPS) is 13.1. The molecular formula is C21H29NO4. The van der Waals surface area contributed by atoms with Crippen molar-refractivity contribution in [1.82, 2.24) is 5.32 Å². The van der Waals surface area contributed by atoms with Crippen LogP contribution in [-0.2, 0) is 4.74 Å². The van der Waals surface area contributed by atoms with Gasteiger partial charge in [-0.1, -0.05) is 12.1 Å². The molecule has 1 N–H and O–H groups in total. The van der Waals surface area contributed by atoms with Crippen molar-refractivity contribution in [2.75, 3.05) is 33.9 Å². The van der Waals surface area contributed by atoms with E-state index in [2.05, 4.69) is 5.32 Å². The number of hydrogen-bond donors (Lipinski definition) is 1. The largest absolute Gasteiger partial charge is 0.494 e. The molecule has 142 valence electrons. The topological polar surface area (TPSA) is 49.0 Å². The van der Waals surface area contributed by atoms with Gasteiger partial charge in [0.1, 0.15) is 23.4 Å². The molecule has 0 saturated carbocycles. The molecule has 0 aliphatic rings. The number of rotatable bonds is 11. The highest BCUT2D eigenvalue weighted by Gasteiger charge is 2.25. The Labute approximate surface area is 156 Å². The Balaban J connectivity index is 2.22. The fraction of sp³-hybridized carbons (Fsp3) is 0.429. The molecule has 2 aromatic rings. The zero-order chi connectivity index (χ0) is 18.8. The molecule has 2 atom stereocenters. The Hall–Kier alpha value is -2.24. The zero-order valence-electron chi connectivity index (χ0n) is 16.0. The minimum atomic E-state index is -0.249. The first-order chi connectivity index (χ1) is 12.7. The average molecular weight is 359 g/mol. The molecule has 5 heteroatoms. The molecule has 2 aromatic carbocycles. The molecule has 2 unspecified atom stereocenters. The number of hydrogen-bond acceptors (Lipinski definition) is 5. The molecule has 0 aliphatic heterocycles. The van der Waals surface area contributed by atoms with Gasteiger partial charge in [-0.25, -0.2) is 0 Å². The molecular weight excluding hydrogens is 330 g/mol. The summed E-state index contributed by atoms with van der Waals surface area (Å²) >= 11 is 0. The van der Waals surface area contributed by atoms with Crippen molar-refractivity contribution in [2.24, 2.45) is 0 Å². The number of nitrogens with one attached hydrogen (secondary N) is 1. The van der Waals surface area contributed by atoms with Crippen LogP contribution >= 0.6 is 0 Å². The molecule has 0 aliphatic carbocycles. The molecule has 26 heavy (non-hydrogen) atoms. The molecule has 0 amide bonds. The summed E-state index contributed by atoms with van der Waals surface area (Å²) in [6.07, 6.45) is -0.384. The molecule has 0 bridgehead atoms. The highest BCUT2D eigenvalue weighted by Crippen LogP contribution is 2.29. The van der Waals surface area contributed by atoms with Crippen LogP contribution in [0.3, 0.4) is 0 Å². The van der Waals surface area contributed by atoms with E-state index in [9.17, 15) is 0 Å². The van der Waals surface area contributed by atoms with Crippen LogP contribution < -0.4 is 19.5 Å². The predicted molar refractivity (Wildman–Crippen MR) is 103 cm³/mol. The van der Waals surface area contributed by atoms with Gasteiger partial charge in [-0.05, 0) is 62.9 Å². The van der Waals surface area contributed by atoms with Gasteiger partial charge in [-0.2, -0.15) is 0 Å². The molecule has 2 rings (SSSR count). The standard InChI is InChI=1S/C21H29NO4/c1-5-24-17-9-7-16(8-10-17)21(20(23-4)15-22-3)26-19-13-11-18(12-14-19)25-6-2/h7-14,20-22H,5-6,15H2,1-4H3. The lowest BCUT2D eigenvalue weighted by Gasteiger charge is -2.27. The number of ether oxygens (including phenoxy) is 4. The summed E-state index contributed by atoms with van der Waals surface area (Å²) in [6.45, 7) is 5.90. The lowest BCUT2D eigenvalue weighted by Crippen LogP contribution is -2.34. The van der Waals surface area contributed by atoms with E-state index in [4.69, 9.17) is 18.9 Å². The van der Waals surface area contributed by atoms with Crippen LogP contribution in [0, 0.1) is 0 Å². The Bertz CT molecular complexity index is 627. The van der Waals surface area contributed by atoms with Gasteiger partial charge in [0.05, 0.1) is 13.2 Å². The number of benzene rings is 2. The summed E-state index contributed by atoms with van der Waals surface area (Å²) in [4.78, 5) is 0. The molecule has 5 nitrogen and oxygen atoms in total. The highest BCUT2D eigenvalue weighted by molar-refractivity contribution is 5.33. The van der Waals surface area contributed by atoms with E-state index in [1.807, 2.05) is 69.4 Å². The van der Waals surface area contributed by atoms with Gasteiger partial charge >= 0.3 is 0 Å². The maximum absolute atomic E-state index is 6.28. The maximum atomic E-state index is 6.28. The molecule has 0 radical (unpaired) electrons. The van der Waals surface area contributed by atoms with Crippen LogP contribution in [0.2, 0.25) is 0 Å². The van der Waals surface area contributed by atoms with Crippen molar-refractivity contribution in [3.8, 4) is 17.2 Å². The summed E-state index contributed by atoms with van der Waals surface area (Å²) in [6, 6.07) is 15.6. The van der Waals surface area contributed by atoms with E-state index in [0.717, 1.165) is 22.8 Å². The maximum Gasteiger partial charge on any atom is 0.151 e. The van der Waals surface area contributed by atoms with Crippen LogP contribution in [0.5, 0.6) is 17.2 Å². The smallest absolute Gasteiger partial charge is 0.151 e. The van der Waals surface area contributed by atoms with Gasteiger partial charge in [0.25, 0.3) is 0 Å². The number of likely N-dealkylation sites (N-methyl/N-ethyl adjacent to an activating group) is 1. The van der Waals surface area contributed by atoms with Crippen molar-refractivity contribution in [2.45, 2.75) is 26.1 Å². The summed E-state index contributed by atoms with van der Waals surface area (Å²) in [5.41, 5.74) is 1.03. The van der Waals surface area contributed by atoms with Gasteiger partial charge in [0.15, 0.2) is 6.10 Å². The average Bonchev–Trinajstić information content (AvgIpc) is 2.67. The van der Waals surface area contributed by atoms with Gasteiger partial charge in [-0.3, -0.25) is 0 Å². The van der Waals surface area contributed by atoms with Gasteiger partial charge in [0.2, 0.25) is 0 Å². The van der Waals surface area contributed by atoms with Crippen molar-refractivity contribution in [3.05, 3.63) is 54.1 Å². The minimum Gasteiger partial charge on any atom is -0.494 e. The van der Waals surface area contributed by atoms with Crippen LogP contribution in [0.15, 0.2) is 48.5 Å². The first-order valence-corrected chi connectivity index (χ1v) is 9.01. The molecule has 0 fully saturated rings. The summed E-state index contributed by atoms with van der Waals surface area (Å²) in [5, 5.41) is 3.16. The Kier molecular flexibility index (Phi) is 8.25. The molecule has 0 heterocycles. The monoisotopic (exact) mass is 359 g/mol. The third-order valence-electron chi connectivity index (χ3n) is 3.96. The first kappa shape index (κ1) is 20.1. The van der Waals surface area contributed by atoms with Crippen molar-refractivity contribution in [3.63, 3.8) is 0 Å². The SMILES string of the molecule is CCOc1ccc(OC(c2ccc(OCC)cc2)C(CNC)OC)cc1. The third-order valence-corrected chi connectivity index (χ3v) is 3.96. The molecule has 0 saturated heterocycles. The Morgan fingerprint density at radius 1 is 0.808 bits per heavy atom. The van der Waals surface area contributed by atoms with E-state index in [1.54, 1.807) is 7.11 Å². The lowest BCUT2D eigenvalue weighted by molar-refractivity contribution is 0.00255. The van der Waals surface area contributed by atoms with Crippen molar-refractivity contribution >= 4 is 0 Å². The van der Waals surface area contributed by atoms with E-state index in [-0.39, 0.29) is 12.2 Å². The van der Waals surface area contributed by atoms with Crippen molar-refractivity contribution in [1.29, 1.82) is 0 Å². The van der Waals surface area contributed by atoms with E-state index >= 15 is 0 Å². The van der Waals surface area contributed by atoms with Crippen LogP contribution in [0.25, 0.3) is 0 Å². The van der Waals surface area contributed by atoms with E-state index < -0.39 is 0 Å². The third kappa shape index (κ3) is 5.64. The summed E-state index contributed by atoms with van der Waals surface area (Å²) < 4.78 is 23.0. The fourth-order valence-electron chi connectivity index (χ4n) is 2.72. The fourth-order valence-corrected chi connectivity index (χ4v) is 2.72. The van der Waals surface area contributed by atoms with Crippen LogP contribution in [0.1, 0.15) is 25.5 Å². The van der Waals surface area contributed by atoms with E-state index in [1.165, 1.54) is 0 Å². The molecule has 0 aromatic heterocycles. The molecule has 0 spiro atoms. The second-order valence-corrected chi connectivity index (χ2v) is 5.78. The first-order valence-electron chi connectivity index (χ1n) is 9.01. The zero-order valence-corrected chi connectivity index (χ0v) is 16.0. The lowest BCUT2D eigenvalue weighted by atomic mass is 10.0. The Morgan fingerprint density at radius 2 is 1.31 bits per heavy atom. The van der Waals surface area contributed by atoms with Crippen molar-refractivity contribution < 1.29 is 18.9 Å². The second kappa shape index (κ2) is 10.7. The highest BCUT2D eigenvalue weighted by atomic mass is 16.5. The minimum absolute atomic E-state index is 0.135. The number of methoxy groups -OCH3 is 1. The summed E-state index contributed by atoms with van der Waals surface area (Å²) in [5.74, 6) is 2.44. The van der Waals surface area contributed by atoms with Crippen LogP contribution in [-0.4, -0.2) is 40.0 Å². The summed E-state index contributed by atoms with van der Waals surface area (Å²) in [7, 11) is 3.60.